The van der Waals surface area contributed by atoms with Crippen LogP contribution in [0, 0.1) is 0 Å². The molecule has 2 aromatic carbocycles. The average Bonchev–Trinajstić information content (AvgIpc) is 3.40. The second kappa shape index (κ2) is 14.6. The summed E-state index contributed by atoms with van der Waals surface area (Å²) in [5, 5.41) is 10.7. The van der Waals surface area contributed by atoms with Gasteiger partial charge in [-0.05, 0) is 87.5 Å². The number of hydrogen-bond acceptors (Lipinski definition) is 4. The van der Waals surface area contributed by atoms with E-state index in [2.05, 4.69) is 4.90 Å². The third-order valence-electron chi connectivity index (χ3n) is 9.23. The Labute approximate surface area is 279 Å². The Balaban J connectivity index is 1.53. The van der Waals surface area contributed by atoms with Crippen molar-refractivity contribution in [1.82, 2.24) is 14.4 Å². The monoisotopic (exact) mass is 672 g/mol. The molecule has 11 heteroatoms. The molecular weight excluding hydrogens is 635 g/mol. The standard InChI is InChI=1S/C34H39Cl3N4O4/c35-24-10-8-23(9-11-24)31-27(26-13-12-25(36)21-28(26)37)22-29(41(31)18-6-1-3-7-30(42)43)32(44)39-19-14-34(15-20-39,33(38)45)40-16-4-2-5-17-40/h8-13,21-22H,1-7,14-20H2,(H2,38,45)(H,42,43). The van der Waals surface area contributed by atoms with E-state index in [0.29, 0.717) is 72.5 Å². The van der Waals surface area contributed by atoms with Gasteiger partial charge in [-0.2, -0.15) is 0 Å². The highest BCUT2D eigenvalue weighted by Crippen LogP contribution is 2.41. The Bertz CT molecular complexity index is 1540. The molecule has 45 heavy (non-hydrogen) atoms. The lowest BCUT2D eigenvalue weighted by molar-refractivity contribution is -0.137. The van der Waals surface area contributed by atoms with E-state index in [0.717, 1.165) is 54.7 Å². The largest absolute Gasteiger partial charge is 0.481 e. The zero-order chi connectivity index (χ0) is 32.1. The minimum atomic E-state index is -0.824. The molecule has 8 nitrogen and oxygen atoms in total. The number of benzene rings is 2. The van der Waals surface area contributed by atoms with Crippen LogP contribution in [-0.2, 0) is 16.1 Å². The summed E-state index contributed by atoms with van der Waals surface area (Å²) in [6.45, 7) is 3.01. The Morgan fingerprint density at radius 2 is 1.47 bits per heavy atom. The molecule has 1 aromatic heterocycles. The van der Waals surface area contributed by atoms with Gasteiger partial charge in [-0.15, -0.1) is 0 Å². The van der Waals surface area contributed by atoms with Gasteiger partial charge in [0, 0.05) is 52.2 Å². The van der Waals surface area contributed by atoms with Gasteiger partial charge in [0.05, 0.1) is 5.69 Å². The number of hydrogen-bond donors (Lipinski definition) is 2. The van der Waals surface area contributed by atoms with Gasteiger partial charge in [0.25, 0.3) is 5.91 Å². The van der Waals surface area contributed by atoms with Crippen LogP contribution in [0.5, 0.6) is 0 Å². The third kappa shape index (κ3) is 7.35. The minimum absolute atomic E-state index is 0.0968. The summed E-state index contributed by atoms with van der Waals surface area (Å²) in [5.41, 5.74) is 8.98. The number of carbonyl (C=O) groups is 3. The lowest BCUT2D eigenvalue weighted by atomic mass is 9.83. The van der Waals surface area contributed by atoms with E-state index in [1.165, 1.54) is 0 Å². The van der Waals surface area contributed by atoms with Crippen LogP contribution in [0.25, 0.3) is 22.4 Å². The number of nitrogens with zero attached hydrogens (tertiary/aromatic N) is 3. The third-order valence-corrected chi connectivity index (χ3v) is 10.0. The van der Waals surface area contributed by atoms with E-state index in [9.17, 15) is 14.4 Å². The lowest BCUT2D eigenvalue weighted by Crippen LogP contribution is -2.63. The van der Waals surface area contributed by atoms with Crippen molar-refractivity contribution in [1.29, 1.82) is 0 Å². The van der Waals surface area contributed by atoms with E-state index in [-0.39, 0.29) is 18.2 Å². The zero-order valence-electron chi connectivity index (χ0n) is 25.2. The highest BCUT2D eigenvalue weighted by Gasteiger charge is 2.46. The normalized spacial score (nSPS) is 16.9. The molecule has 0 spiro atoms. The fraction of sp³-hybridized carbons (Fsp3) is 0.441. The summed E-state index contributed by atoms with van der Waals surface area (Å²) in [7, 11) is 0. The van der Waals surface area contributed by atoms with Crippen molar-refractivity contribution in [2.75, 3.05) is 26.2 Å². The average molecular weight is 674 g/mol. The molecule has 0 unspecified atom stereocenters. The molecule has 0 atom stereocenters. The first-order valence-electron chi connectivity index (χ1n) is 15.6. The number of carboxylic acid groups (broad SMARTS) is 1. The summed E-state index contributed by atoms with van der Waals surface area (Å²) in [4.78, 5) is 42.4. The maximum Gasteiger partial charge on any atom is 0.303 e. The van der Waals surface area contributed by atoms with Gasteiger partial charge in [-0.25, -0.2) is 0 Å². The molecule has 3 N–H and O–H groups in total. The summed E-state index contributed by atoms with van der Waals surface area (Å²) >= 11 is 19.2. The van der Waals surface area contributed by atoms with Gasteiger partial charge in [0.1, 0.15) is 11.2 Å². The highest BCUT2D eigenvalue weighted by molar-refractivity contribution is 6.36. The molecule has 2 saturated heterocycles. The molecule has 3 heterocycles. The quantitative estimate of drug-likeness (QED) is 0.207. The van der Waals surface area contributed by atoms with E-state index in [4.69, 9.17) is 45.6 Å². The molecule has 0 saturated carbocycles. The van der Waals surface area contributed by atoms with Crippen LogP contribution in [0.1, 0.15) is 68.3 Å². The number of rotatable bonds is 11. The van der Waals surface area contributed by atoms with E-state index in [1.807, 2.05) is 45.9 Å². The van der Waals surface area contributed by atoms with Crippen LogP contribution >= 0.6 is 34.8 Å². The van der Waals surface area contributed by atoms with Crippen LogP contribution in [-0.4, -0.2) is 69.0 Å². The van der Waals surface area contributed by atoms with Gasteiger partial charge < -0.3 is 20.3 Å². The fourth-order valence-corrected chi connectivity index (χ4v) is 7.43. The number of halogens is 3. The number of nitrogens with two attached hydrogens (primary N) is 1. The maximum atomic E-state index is 14.4. The number of unbranched alkanes of at least 4 members (excludes halogenated alkanes) is 2. The molecule has 2 amide bonds. The van der Waals surface area contributed by atoms with Crippen molar-refractivity contribution < 1.29 is 19.5 Å². The molecule has 0 aliphatic carbocycles. The Kier molecular flexibility index (Phi) is 10.8. The van der Waals surface area contributed by atoms with Crippen molar-refractivity contribution in [3.63, 3.8) is 0 Å². The number of aliphatic carboxylic acids is 1. The highest BCUT2D eigenvalue weighted by atomic mass is 35.5. The van der Waals surface area contributed by atoms with Crippen molar-refractivity contribution in [3.05, 3.63) is 69.3 Å². The molecular formula is C34H39Cl3N4O4. The van der Waals surface area contributed by atoms with Crippen molar-refractivity contribution >= 4 is 52.6 Å². The van der Waals surface area contributed by atoms with Crippen LogP contribution < -0.4 is 5.73 Å². The summed E-state index contributed by atoms with van der Waals surface area (Å²) in [6.07, 6.45) is 6.23. The fourth-order valence-electron chi connectivity index (χ4n) is 6.80. The number of primary amides is 1. The van der Waals surface area contributed by atoms with E-state index < -0.39 is 11.5 Å². The number of carbonyl (C=O) groups excluding carboxylic acids is 2. The van der Waals surface area contributed by atoms with Gasteiger partial charge >= 0.3 is 5.97 Å². The molecule has 2 aliphatic heterocycles. The van der Waals surface area contributed by atoms with Crippen LogP contribution in [0.3, 0.4) is 0 Å². The van der Waals surface area contributed by atoms with E-state index >= 15 is 0 Å². The topological polar surface area (TPSA) is 109 Å². The SMILES string of the molecule is NC(=O)C1(N2CCCCC2)CCN(C(=O)c2cc(-c3ccc(Cl)cc3Cl)c(-c3ccc(Cl)cc3)n2CCCCCC(=O)O)CC1. The number of amides is 2. The predicted octanol–water partition coefficient (Wildman–Crippen LogP) is 7.37. The van der Waals surface area contributed by atoms with Crippen LogP contribution in [0.15, 0.2) is 48.5 Å². The molecule has 0 bridgehead atoms. The number of aromatic nitrogens is 1. The Hall–Kier alpha value is -3.04. The number of likely N-dealkylation sites (tertiary alicyclic amines) is 2. The summed E-state index contributed by atoms with van der Waals surface area (Å²) in [6, 6.07) is 14.7. The molecule has 0 radical (unpaired) electrons. The van der Waals surface area contributed by atoms with Gasteiger partial charge in [0.2, 0.25) is 5.91 Å². The van der Waals surface area contributed by atoms with Crippen molar-refractivity contribution in [2.45, 2.75) is 69.9 Å². The second-order valence-electron chi connectivity index (χ2n) is 12.0. The van der Waals surface area contributed by atoms with Crippen LogP contribution in [0.4, 0.5) is 0 Å². The molecule has 3 aromatic rings. The van der Waals surface area contributed by atoms with Crippen LogP contribution in [0.2, 0.25) is 15.1 Å². The number of carboxylic acids is 1. The lowest BCUT2D eigenvalue weighted by Gasteiger charge is -2.48. The first kappa shape index (κ1) is 33.3. The Morgan fingerprint density at radius 3 is 2.09 bits per heavy atom. The minimum Gasteiger partial charge on any atom is -0.481 e. The Morgan fingerprint density at radius 1 is 0.800 bits per heavy atom. The van der Waals surface area contributed by atoms with Gasteiger partial charge in [-0.3, -0.25) is 19.3 Å². The van der Waals surface area contributed by atoms with Gasteiger partial charge in [-0.1, -0.05) is 65.8 Å². The molecule has 2 fully saturated rings. The zero-order valence-corrected chi connectivity index (χ0v) is 27.5. The molecule has 240 valence electrons. The molecule has 2 aliphatic rings. The smallest absolute Gasteiger partial charge is 0.303 e. The predicted molar refractivity (Wildman–Crippen MR) is 179 cm³/mol. The van der Waals surface area contributed by atoms with E-state index in [1.54, 1.807) is 12.1 Å². The van der Waals surface area contributed by atoms with Gasteiger partial charge in [0.15, 0.2) is 0 Å². The maximum absolute atomic E-state index is 14.4. The summed E-state index contributed by atoms with van der Waals surface area (Å²) in [5.74, 6) is -1.27. The first-order chi connectivity index (χ1) is 21.6. The summed E-state index contributed by atoms with van der Waals surface area (Å²) < 4.78 is 2.02. The number of piperidine rings is 2. The molecule has 5 rings (SSSR count). The first-order valence-corrected chi connectivity index (χ1v) is 16.7. The van der Waals surface area contributed by atoms with Crippen molar-refractivity contribution in [3.8, 4) is 22.4 Å². The second-order valence-corrected chi connectivity index (χ2v) is 13.3. The van der Waals surface area contributed by atoms with Crippen molar-refractivity contribution in [2.24, 2.45) is 5.73 Å².